The van der Waals surface area contributed by atoms with E-state index in [1.807, 2.05) is 12.1 Å². The van der Waals surface area contributed by atoms with Crippen LogP contribution in [0.25, 0.3) is 0 Å². The molecule has 2 aliphatic rings. The zero-order valence-corrected chi connectivity index (χ0v) is 39.3. The first-order chi connectivity index (χ1) is 34.3. The van der Waals surface area contributed by atoms with E-state index in [0.29, 0.717) is 49.9 Å². The van der Waals surface area contributed by atoms with Crippen LogP contribution in [0.3, 0.4) is 0 Å². The third kappa shape index (κ3) is 13.9. The zero-order chi connectivity index (χ0) is 50.9. The number of aromatic nitrogens is 2. The summed E-state index contributed by atoms with van der Waals surface area (Å²) in [6.45, 7) is -1.79. The van der Waals surface area contributed by atoms with E-state index in [1.54, 1.807) is 48.5 Å². The fourth-order valence-corrected chi connectivity index (χ4v) is 8.67. The molecule has 2 saturated heterocycles. The Bertz CT molecular complexity index is 2510. The number of amides is 4. The molecule has 21 nitrogen and oxygen atoms in total. The number of pyridine rings is 2. The fraction of sp³-hybridized carbons (Fsp3) is 0.400. The summed E-state index contributed by atoms with van der Waals surface area (Å²) in [4.78, 5) is 108. The molecular weight excluding hydrogens is 925 g/mol. The number of aliphatic hydroxyl groups excluding tert-OH is 1. The molecule has 6 rings (SSSR count). The molecule has 0 spiro atoms. The van der Waals surface area contributed by atoms with Gasteiger partial charge in [0.2, 0.25) is 0 Å². The highest BCUT2D eigenvalue weighted by Crippen LogP contribution is 2.33. The van der Waals surface area contributed by atoms with Crippen LogP contribution in [0.15, 0.2) is 110 Å². The van der Waals surface area contributed by atoms with Gasteiger partial charge < -0.3 is 54.3 Å². The van der Waals surface area contributed by atoms with Crippen LogP contribution in [0.1, 0.15) is 82.2 Å². The van der Waals surface area contributed by atoms with E-state index >= 15 is 0 Å². The number of nitrogens with zero attached hydrogens (tertiary/aromatic N) is 4. The first-order valence-corrected chi connectivity index (χ1v) is 23.1. The molecule has 2 aromatic carbocycles. The maximum absolute atomic E-state index is 13.5. The lowest BCUT2D eigenvalue weighted by Gasteiger charge is -2.38. The van der Waals surface area contributed by atoms with Crippen molar-refractivity contribution < 1.29 is 81.4 Å². The van der Waals surface area contributed by atoms with E-state index in [0.717, 1.165) is 12.8 Å². The van der Waals surface area contributed by atoms with E-state index in [9.17, 15) is 48.6 Å². The van der Waals surface area contributed by atoms with Gasteiger partial charge in [-0.15, -0.1) is 0 Å². The predicted molar refractivity (Wildman–Crippen MR) is 246 cm³/mol. The van der Waals surface area contributed by atoms with Crippen LogP contribution in [-0.2, 0) is 56.3 Å². The van der Waals surface area contributed by atoms with Crippen molar-refractivity contribution in [1.29, 1.82) is 0 Å². The topological polar surface area (TPSA) is 261 Å². The number of carboxylic acids is 1. The summed E-state index contributed by atoms with van der Waals surface area (Å²) in [5, 5.41) is 24.5. The number of aliphatic hydroxyl groups is 1. The molecule has 4 aromatic rings. The van der Waals surface area contributed by atoms with Crippen molar-refractivity contribution in [1.82, 2.24) is 20.4 Å². The van der Waals surface area contributed by atoms with Crippen LogP contribution in [0.5, 0.6) is 0 Å². The van der Waals surface area contributed by atoms with Gasteiger partial charge in [0.15, 0.2) is 36.9 Å². The normalized spacial score (nSPS) is 17.2. The summed E-state index contributed by atoms with van der Waals surface area (Å²) in [6, 6.07) is 19.3. The van der Waals surface area contributed by atoms with Crippen molar-refractivity contribution in [2.24, 2.45) is 0 Å². The minimum atomic E-state index is -1.77. The molecule has 4 amide bonds. The van der Waals surface area contributed by atoms with Crippen LogP contribution in [0.2, 0.25) is 0 Å². The van der Waals surface area contributed by atoms with Gasteiger partial charge in [-0.1, -0.05) is 60.7 Å². The number of piperidine rings is 2. The molecule has 0 radical (unpaired) electrons. The first-order valence-electron chi connectivity index (χ1n) is 23.1. The highest BCUT2D eigenvalue weighted by atomic mass is 16.6. The van der Waals surface area contributed by atoms with Crippen molar-refractivity contribution in [3.05, 3.63) is 132 Å². The van der Waals surface area contributed by atoms with Crippen LogP contribution in [-0.4, -0.2) is 133 Å². The fourth-order valence-electron chi connectivity index (χ4n) is 8.67. The van der Waals surface area contributed by atoms with Gasteiger partial charge in [0.25, 0.3) is 25.3 Å². The van der Waals surface area contributed by atoms with Gasteiger partial charge in [-0.25, -0.2) is 19.2 Å². The Hall–Kier alpha value is -7.94. The molecule has 6 atom stereocenters. The molecule has 2 aromatic heterocycles. The largest absolute Gasteiger partial charge is 0.480 e. The molecule has 0 saturated carbocycles. The SMILES string of the molecule is COC(=O)C(c1ccccc1)[C@H]1CCCCN1C(=O)OC[n+]1cccc(C(=O)NC(CO)C(=O)OCC(NC(=O)c2ccc[n+](COC(=O)N3CCCC[C@H]3C(C(=O)OC)c3ccccc3)c2)C(=O)O)c1. The number of benzene rings is 2. The van der Waals surface area contributed by atoms with Crippen LogP contribution in [0, 0.1) is 0 Å². The number of carbonyl (C=O) groups excluding carboxylic acids is 7. The van der Waals surface area contributed by atoms with Crippen LogP contribution < -0.4 is 19.8 Å². The van der Waals surface area contributed by atoms with Gasteiger partial charge in [-0.05, 0) is 61.8 Å². The summed E-state index contributed by atoms with van der Waals surface area (Å²) in [5.74, 6) is -6.92. The molecule has 376 valence electrons. The number of aliphatic carboxylic acids is 1. The second-order valence-corrected chi connectivity index (χ2v) is 16.8. The first kappa shape index (κ1) is 52.4. The van der Waals surface area contributed by atoms with Gasteiger partial charge in [0, 0.05) is 25.2 Å². The van der Waals surface area contributed by atoms with Crippen LogP contribution in [0.4, 0.5) is 9.59 Å². The summed E-state index contributed by atoms with van der Waals surface area (Å²) in [6.07, 6.45) is 8.40. The number of carboxylic acid groups (broad SMARTS) is 1. The van der Waals surface area contributed by atoms with E-state index < -0.39 is 97.1 Å². The Balaban J connectivity index is 1.000. The number of rotatable bonds is 19. The Morgan fingerprint density at radius 3 is 1.44 bits per heavy atom. The Kier molecular flexibility index (Phi) is 18.9. The monoisotopic (exact) mass is 982 g/mol. The molecule has 2 fully saturated rings. The highest BCUT2D eigenvalue weighted by Gasteiger charge is 2.41. The smallest absolute Gasteiger partial charge is 0.414 e. The maximum Gasteiger partial charge on any atom is 0.414 e. The summed E-state index contributed by atoms with van der Waals surface area (Å²) >= 11 is 0. The van der Waals surface area contributed by atoms with Crippen molar-refractivity contribution >= 4 is 47.9 Å². The number of esters is 3. The Morgan fingerprint density at radius 1 is 0.592 bits per heavy atom. The molecule has 4 heterocycles. The standard InChI is InChI=1S/C50H56N6O15/c1-67-47(63)41(33-15-5-3-6-16-33)39-21-9-11-25-55(39)49(65)70-31-53-23-13-19-35(27-53)43(58)51-37(29-57)46(62)69-30-38(45(60)61)52-44(59)36-20-14-24-54(28-36)32-71-50(66)56-26-12-10-22-40(56)42(48(64)68-2)34-17-7-4-8-18-34/h3-8,13-20,23-24,27-28,37-42,57H,9-12,21-22,25-26,29-32H2,1-2H3,(H-2,51,52,58,59,60,61)/p+2/t37?,38?,39-,40+,41?,42?/m1/s1. The zero-order valence-electron chi connectivity index (χ0n) is 39.3. The third-order valence-corrected chi connectivity index (χ3v) is 12.2. The van der Waals surface area contributed by atoms with Gasteiger partial charge in [-0.3, -0.25) is 19.2 Å². The molecule has 2 aliphatic heterocycles. The number of methoxy groups -OCH3 is 2. The van der Waals surface area contributed by atoms with Crippen molar-refractivity contribution in [3.63, 3.8) is 0 Å². The average Bonchev–Trinajstić information content (AvgIpc) is 3.40. The van der Waals surface area contributed by atoms with Gasteiger partial charge in [0.1, 0.15) is 29.6 Å². The number of nitrogens with one attached hydrogen (secondary N) is 2. The van der Waals surface area contributed by atoms with E-state index in [-0.39, 0.29) is 24.6 Å². The molecular formula is C50H58N6O15+2. The molecule has 0 aliphatic carbocycles. The lowest BCUT2D eigenvalue weighted by molar-refractivity contribution is -0.727. The lowest BCUT2D eigenvalue weighted by Crippen LogP contribution is -2.50. The van der Waals surface area contributed by atoms with Crippen LogP contribution >= 0.6 is 0 Å². The molecule has 4 N–H and O–H groups in total. The van der Waals surface area contributed by atoms with E-state index in [2.05, 4.69) is 10.6 Å². The molecule has 4 unspecified atom stereocenters. The molecule has 21 heteroatoms. The number of carbonyl (C=O) groups is 8. The van der Waals surface area contributed by atoms with Crippen molar-refractivity contribution in [2.75, 3.05) is 40.5 Å². The van der Waals surface area contributed by atoms with Gasteiger partial charge in [-0.2, -0.15) is 9.13 Å². The number of hydrogen-bond donors (Lipinski definition) is 4. The van der Waals surface area contributed by atoms with E-state index in [4.69, 9.17) is 23.7 Å². The minimum absolute atomic E-state index is 0.00280. The van der Waals surface area contributed by atoms with Crippen molar-refractivity contribution in [2.45, 2.75) is 88.0 Å². The average molecular weight is 983 g/mol. The Morgan fingerprint density at radius 2 is 1.03 bits per heavy atom. The summed E-state index contributed by atoms with van der Waals surface area (Å²) in [5.41, 5.74) is 1.36. The third-order valence-electron chi connectivity index (χ3n) is 12.2. The quantitative estimate of drug-likeness (QED) is 0.0598. The summed E-state index contributed by atoms with van der Waals surface area (Å²) in [7, 11) is 2.59. The number of hydrogen-bond acceptors (Lipinski definition) is 14. The minimum Gasteiger partial charge on any atom is -0.480 e. The summed E-state index contributed by atoms with van der Waals surface area (Å²) < 4.78 is 29.4. The maximum atomic E-state index is 13.5. The van der Waals surface area contributed by atoms with Crippen molar-refractivity contribution in [3.8, 4) is 0 Å². The Labute approximate surface area is 409 Å². The molecule has 71 heavy (non-hydrogen) atoms. The number of ether oxygens (including phenoxy) is 5. The highest BCUT2D eigenvalue weighted by molar-refractivity contribution is 5.97. The lowest BCUT2D eigenvalue weighted by atomic mass is 9.85. The van der Waals surface area contributed by atoms with Gasteiger partial charge in [0.05, 0.1) is 32.9 Å². The molecule has 0 bridgehead atoms. The predicted octanol–water partition coefficient (Wildman–Crippen LogP) is 2.59. The second kappa shape index (κ2) is 25.6. The second-order valence-electron chi connectivity index (χ2n) is 16.8. The van der Waals surface area contributed by atoms with Gasteiger partial charge >= 0.3 is 36.1 Å². The van der Waals surface area contributed by atoms with E-state index in [1.165, 1.54) is 82.2 Å². The number of likely N-dealkylation sites (tertiary alicyclic amines) is 2.